The molecule has 55 heavy (non-hydrogen) atoms. The van der Waals surface area contributed by atoms with Crippen LogP contribution in [0, 0.1) is 0 Å². The highest BCUT2D eigenvalue weighted by atomic mass is 16.6. The molecular weight excluding hydrogens is 704 g/mol. The maximum Gasteiger partial charge on any atom is 0.411 e. The molecule has 12 nitrogen and oxygen atoms in total. The van der Waals surface area contributed by atoms with Gasteiger partial charge in [0, 0.05) is 24.2 Å². The standard InChI is InChI=1S/C43H54N2O10/c1-41(2,3)54-39(50)44-23-9-11-32(44)37(48)52-25-34(46)28-15-13-27(14-16-28)29-17-18-30(31-19-22-43(36(29)31)20-7-8-21-43)35(47)26-53-38(49)33-12-10-24-45(33)40(51)55-42(4,5)6/h13-18,32-33H,7-12,19-26H2,1-6H3. The van der Waals surface area contributed by atoms with E-state index in [1.165, 1.54) is 9.80 Å². The van der Waals surface area contributed by atoms with Crippen molar-refractivity contribution in [2.45, 2.75) is 134 Å². The van der Waals surface area contributed by atoms with Gasteiger partial charge in [-0.3, -0.25) is 19.4 Å². The Morgan fingerprint density at radius 3 is 1.67 bits per heavy atom. The number of nitrogens with zero attached hydrogens (tertiary/aromatic N) is 2. The summed E-state index contributed by atoms with van der Waals surface area (Å²) in [5.74, 6) is -1.88. The second-order valence-electron chi connectivity index (χ2n) is 17.3. The topological polar surface area (TPSA) is 146 Å². The van der Waals surface area contributed by atoms with Crippen molar-refractivity contribution < 1.29 is 47.7 Å². The van der Waals surface area contributed by atoms with Crippen LogP contribution in [-0.2, 0) is 40.4 Å². The number of rotatable bonds is 9. The highest BCUT2D eigenvalue weighted by molar-refractivity contribution is 6.01. The van der Waals surface area contributed by atoms with Crippen LogP contribution in [0.5, 0.6) is 0 Å². The van der Waals surface area contributed by atoms with Gasteiger partial charge in [0.1, 0.15) is 23.3 Å². The van der Waals surface area contributed by atoms with E-state index in [0.29, 0.717) is 49.9 Å². The number of ether oxygens (including phenoxy) is 4. The van der Waals surface area contributed by atoms with Gasteiger partial charge in [-0.15, -0.1) is 0 Å². The lowest BCUT2D eigenvalue weighted by Crippen LogP contribution is -2.44. The molecule has 2 aromatic carbocycles. The molecule has 4 aliphatic rings. The molecule has 1 spiro atoms. The summed E-state index contributed by atoms with van der Waals surface area (Å²) in [5.41, 5.74) is 3.55. The third-order valence-corrected chi connectivity index (χ3v) is 11.1. The van der Waals surface area contributed by atoms with Crippen molar-refractivity contribution in [2.24, 2.45) is 0 Å². The number of hydrogen-bond donors (Lipinski definition) is 0. The zero-order valence-electron chi connectivity index (χ0n) is 33.0. The minimum absolute atomic E-state index is 0.0501. The normalized spacial score (nSPS) is 20.3. The highest BCUT2D eigenvalue weighted by Gasteiger charge is 2.44. The second kappa shape index (κ2) is 15.8. The molecule has 2 heterocycles. The average molecular weight is 759 g/mol. The van der Waals surface area contributed by atoms with Gasteiger partial charge in [0.15, 0.2) is 19.0 Å². The van der Waals surface area contributed by atoms with E-state index in [2.05, 4.69) is 0 Å². The summed E-state index contributed by atoms with van der Waals surface area (Å²) in [7, 11) is 0. The molecule has 0 N–H and O–H groups in total. The zero-order valence-corrected chi connectivity index (χ0v) is 33.0. The zero-order chi connectivity index (χ0) is 39.7. The molecule has 2 atom stereocenters. The fourth-order valence-corrected chi connectivity index (χ4v) is 8.62. The predicted octanol–water partition coefficient (Wildman–Crippen LogP) is 7.36. The Morgan fingerprint density at radius 2 is 1.16 bits per heavy atom. The van der Waals surface area contributed by atoms with Gasteiger partial charge in [0.2, 0.25) is 5.78 Å². The van der Waals surface area contributed by atoms with Crippen LogP contribution in [0.15, 0.2) is 36.4 Å². The minimum atomic E-state index is -0.793. The smallest absolute Gasteiger partial charge is 0.411 e. The molecule has 2 unspecified atom stereocenters. The van der Waals surface area contributed by atoms with Crippen molar-refractivity contribution in [1.29, 1.82) is 0 Å². The first kappa shape index (κ1) is 39.9. The maximum absolute atomic E-state index is 13.7. The van der Waals surface area contributed by atoms with Crippen molar-refractivity contribution >= 4 is 35.7 Å². The van der Waals surface area contributed by atoms with Gasteiger partial charge in [0.05, 0.1) is 0 Å². The summed E-state index contributed by atoms with van der Waals surface area (Å²) >= 11 is 0. The van der Waals surface area contributed by atoms with Crippen molar-refractivity contribution in [3.8, 4) is 11.1 Å². The van der Waals surface area contributed by atoms with E-state index in [4.69, 9.17) is 18.9 Å². The Kier molecular flexibility index (Phi) is 11.5. The quantitative estimate of drug-likeness (QED) is 0.144. The summed E-state index contributed by atoms with van der Waals surface area (Å²) in [5, 5.41) is 0. The van der Waals surface area contributed by atoms with E-state index in [0.717, 1.165) is 60.8 Å². The number of fused-ring (bicyclic) bond motifs is 2. The molecular formula is C43H54N2O10. The van der Waals surface area contributed by atoms with E-state index in [1.54, 1.807) is 53.7 Å². The average Bonchev–Trinajstić information content (AvgIpc) is 3.96. The number of carbonyl (C=O) groups excluding carboxylic acids is 6. The molecule has 2 aliphatic carbocycles. The largest absolute Gasteiger partial charge is 0.456 e. The molecule has 0 bridgehead atoms. The first-order valence-electron chi connectivity index (χ1n) is 19.6. The fourth-order valence-electron chi connectivity index (χ4n) is 8.62. The first-order chi connectivity index (χ1) is 26.0. The van der Waals surface area contributed by atoms with Gasteiger partial charge in [-0.1, -0.05) is 49.2 Å². The Bertz CT molecular complexity index is 1830. The molecule has 3 fully saturated rings. The number of carbonyl (C=O) groups is 6. The second-order valence-corrected chi connectivity index (χ2v) is 17.3. The first-order valence-corrected chi connectivity index (χ1v) is 19.6. The molecule has 0 radical (unpaired) electrons. The number of amides is 2. The monoisotopic (exact) mass is 758 g/mol. The minimum Gasteiger partial charge on any atom is -0.456 e. The van der Waals surface area contributed by atoms with Crippen LogP contribution in [0.2, 0.25) is 0 Å². The summed E-state index contributed by atoms with van der Waals surface area (Å²) in [6.45, 7) is 10.5. The number of Topliss-reactive ketones (excluding diaryl/α,β-unsaturated/α-hetero) is 2. The van der Waals surface area contributed by atoms with Gasteiger partial charge in [-0.25, -0.2) is 19.2 Å². The molecule has 2 amide bonds. The van der Waals surface area contributed by atoms with Gasteiger partial charge < -0.3 is 18.9 Å². The number of esters is 2. The SMILES string of the molecule is CC(C)(C)OC(=O)N1CCCC1C(=O)OCC(=O)c1ccc(-c2ccc(C(=O)COC(=O)C3CCCN3C(=O)OC(C)(C)C)c3c2C2(CCCC2)CC3)cc1. The molecule has 12 heteroatoms. The van der Waals surface area contributed by atoms with Crippen molar-refractivity contribution in [3.05, 3.63) is 58.7 Å². The lowest BCUT2D eigenvalue weighted by Gasteiger charge is -2.28. The Morgan fingerprint density at radius 1 is 0.655 bits per heavy atom. The van der Waals surface area contributed by atoms with E-state index in [1.807, 2.05) is 24.3 Å². The van der Waals surface area contributed by atoms with Crippen LogP contribution in [0.1, 0.15) is 131 Å². The molecule has 0 aromatic heterocycles. The lowest BCUT2D eigenvalue weighted by atomic mass is 9.76. The van der Waals surface area contributed by atoms with Crippen LogP contribution < -0.4 is 0 Å². The predicted molar refractivity (Wildman–Crippen MR) is 203 cm³/mol. The van der Waals surface area contributed by atoms with E-state index < -0.39 is 60.6 Å². The number of hydrogen-bond acceptors (Lipinski definition) is 10. The Labute approximate surface area is 323 Å². The highest BCUT2D eigenvalue weighted by Crippen LogP contribution is 2.54. The maximum atomic E-state index is 13.7. The molecule has 2 aromatic rings. The molecule has 6 rings (SSSR count). The number of benzene rings is 2. The number of likely N-dealkylation sites (tertiary alicyclic amines) is 2. The van der Waals surface area contributed by atoms with Crippen LogP contribution in [0.3, 0.4) is 0 Å². The van der Waals surface area contributed by atoms with Gasteiger partial charge in [0.25, 0.3) is 0 Å². The van der Waals surface area contributed by atoms with Crippen molar-refractivity contribution in [3.63, 3.8) is 0 Å². The van der Waals surface area contributed by atoms with E-state index >= 15 is 0 Å². The molecule has 2 saturated heterocycles. The van der Waals surface area contributed by atoms with Crippen LogP contribution in [-0.4, -0.2) is 95.1 Å². The van der Waals surface area contributed by atoms with Crippen LogP contribution >= 0.6 is 0 Å². The third kappa shape index (κ3) is 8.89. The summed E-state index contributed by atoms with van der Waals surface area (Å²) in [4.78, 5) is 81.0. The Balaban J connectivity index is 1.13. The van der Waals surface area contributed by atoms with E-state index in [-0.39, 0.29) is 17.0 Å². The fraction of sp³-hybridized carbons (Fsp3) is 0.581. The number of ketones is 2. The van der Waals surface area contributed by atoms with E-state index in [9.17, 15) is 28.8 Å². The third-order valence-electron chi connectivity index (χ3n) is 11.1. The summed E-state index contributed by atoms with van der Waals surface area (Å²) in [6, 6.07) is 9.39. The molecule has 2 aliphatic heterocycles. The van der Waals surface area contributed by atoms with Gasteiger partial charge >= 0.3 is 24.1 Å². The van der Waals surface area contributed by atoms with Crippen LogP contribution in [0.25, 0.3) is 11.1 Å². The van der Waals surface area contributed by atoms with Gasteiger partial charge in [-0.05, 0) is 121 Å². The van der Waals surface area contributed by atoms with Crippen LogP contribution in [0.4, 0.5) is 9.59 Å². The Hall–Kier alpha value is -4.74. The summed E-state index contributed by atoms with van der Waals surface area (Å²) < 4.78 is 21.9. The lowest BCUT2D eigenvalue weighted by molar-refractivity contribution is -0.148. The van der Waals surface area contributed by atoms with Crippen molar-refractivity contribution in [2.75, 3.05) is 26.3 Å². The molecule has 296 valence electrons. The molecule has 1 saturated carbocycles. The summed E-state index contributed by atoms with van der Waals surface area (Å²) in [6.07, 6.45) is 6.95. The van der Waals surface area contributed by atoms with Gasteiger partial charge in [-0.2, -0.15) is 0 Å². The van der Waals surface area contributed by atoms with Crippen molar-refractivity contribution in [1.82, 2.24) is 9.80 Å².